The summed E-state index contributed by atoms with van der Waals surface area (Å²) in [4.78, 5) is 19.7. The average molecular weight is 630 g/mol. The molecule has 5 rings (SSSR count). The number of piperidine rings is 1. The summed E-state index contributed by atoms with van der Waals surface area (Å²) in [5.41, 5.74) is 2.92. The third-order valence-electron chi connectivity index (χ3n) is 7.84. The Kier molecular flexibility index (Phi) is 9.59. The fraction of sp³-hybridized carbons (Fsp3) is 0.441. The number of anilines is 1. The minimum absolute atomic E-state index is 0.308. The Morgan fingerprint density at radius 3 is 2.57 bits per heavy atom. The van der Waals surface area contributed by atoms with Gasteiger partial charge in [-0.1, -0.05) is 36.1 Å². The lowest BCUT2D eigenvalue weighted by Crippen LogP contribution is -2.45. The Hall–Kier alpha value is -4.55. The van der Waals surface area contributed by atoms with E-state index in [1.165, 1.54) is 0 Å². The Morgan fingerprint density at radius 2 is 1.89 bits per heavy atom. The molecule has 1 aliphatic rings. The number of carboxylic acids is 1. The van der Waals surface area contributed by atoms with Gasteiger partial charge in [0.15, 0.2) is 11.8 Å². The number of hydrogen-bond donors (Lipinski definition) is 1. The van der Waals surface area contributed by atoms with Gasteiger partial charge in [-0.2, -0.15) is 9.61 Å². The molecule has 244 valence electrons. The molecule has 1 unspecified atom stereocenters. The first-order chi connectivity index (χ1) is 21.9. The summed E-state index contributed by atoms with van der Waals surface area (Å²) >= 11 is 0. The van der Waals surface area contributed by atoms with E-state index in [9.17, 15) is 9.90 Å². The van der Waals surface area contributed by atoms with Gasteiger partial charge in [-0.05, 0) is 59.6 Å². The van der Waals surface area contributed by atoms with Crippen molar-refractivity contribution in [3.63, 3.8) is 0 Å². The van der Waals surface area contributed by atoms with E-state index in [1.807, 2.05) is 64.2 Å². The molecule has 12 nitrogen and oxygen atoms in total. The molecule has 1 saturated heterocycles. The zero-order valence-corrected chi connectivity index (χ0v) is 27.3. The maximum Gasteiger partial charge on any atom is 0.337 e. The van der Waals surface area contributed by atoms with Crippen LogP contribution in [0.5, 0.6) is 5.75 Å². The number of hydrogen-bond acceptors (Lipinski definition) is 9. The zero-order valence-electron chi connectivity index (χ0n) is 27.3. The van der Waals surface area contributed by atoms with Crippen LogP contribution in [0.1, 0.15) is 63.6 Å². The monoisotopic (exact) mass is 629 g/mol. The molecule has 1 N–H and O–H groups in total. The van der Waals surface area contributed by atoms with Crippen LogP contribution in [-0.2, 0) is 20.8 Å². The van der Waals surface area contributed by atoms with Crippen molar-refractivity contribution in [2.75, 3.05) is 31.2 Å². The van der Waals surface area contributed by atoms with Gasteiger partial charge in [-0.3, -0.25) is 0 Å². The Morgan fingerprint density at radius 1 is 1.15 bits per heavy atom. The van der Waals surface area contributed by atoms with E-state index in [4.69, 9.17) is 24.3 Å². The molecule has 0 saturated carbocycles. The van der Waals surface area contributed by atoms with Crippen LogP contribution in [0, 0.1) is 6.92 Å². The highest BCUT2D eigenvalue weighted by Gasteiger charge is 2.37. The van der Waals surface area contributed by atoms with Gasteiger partial charge >= 0.3 is 5.97 Å². The summed E-state index contributed by atoms with van der Waals surface area (Å²) in [7, 11) is 0. The molecule has 1 atom stereocenters. The standard InChI is InChI=1S/C34H43N7O5/c1-8-17-44-26-12-10-11-24(19-26)27-22-40(38-36-27)21-25-20-28-35-23(3)29(30(32(42)43)46-33(4,5)6)31(41(28)37-25)39-15-13-34(7,14-16-39)45-18-9-2/h8-12,19-20,22,30H,1-2,13-18,21H2,3-7H3,(H,42,43). The molecular formula is C34H43N7O5. The third-order valence-corrected chi connectivity index (χ3v) is 7.84. The van der Waals surface area contributed by atoms with E-state index >= 15 is 0 Å². The highest BCUT2D eigenvalue weighted by molar-refractivity contribution is 5.78. The van der Waals surface area contributed by atoms with E-state index in [-0.39, 0.29) is 5.60 Å². The number of rotatable bonds is 13. The molecule has 0 radical (unpaired) electrons. The normalized spacial score (nSPS) is 15.5. The van der Waals surface area contributed by atoms with Gasteiger partial charge in [0.1, 0.15) is 23.9 Å². The summed E-state index contributed by atoms with van der Waals surface area (Å²) in [6.45, 7) is 19.4. The maximum absolute atomic E-state index is 12.7. The van der Waals surface area contributed by atoms with Crippen LogP contribution in [0.15, 0.2) is 61.8 Å². The summed E-state index contributed by atoms with van der Waals surface area (Å²) in [5, 5.41) is 24.0. The molecule has 4 aromatic rings. The van der Waals surface area contributed by atoms with E-state index in [0.717, 1.165) is 24.2 Å². The molecule has 0 bridgehead atoms. The first-order valence-corrected chi connectivity index (χ1v) is 15.4. The van der Waals surface area contributed by atoms with Crippen molar-refractivity contribution in [2.45, 2.75) is 71.3 Å². The number of aryl methyl sites for hydroxylation is 1. The van der Waals surface area contributed by atoms with Crippen LogP contribution in [0.4, 0.5) is 5.82 Å². The van der Waals surface area contributed by atoms with Crippen LogP contribution in [0.3, 0.4) is 0 Å². The van der Waals surface area contributed by atoms with Crippen molar-refractivity contribution < 1.29 is 24.1 Å². The molecule has 1 aliphatic heterocycles. The predicted octanol–water partition coefficient (Wildman–Crippen LogP) is 5.41. The van der Waals surface area contributed by atoms with Gasteiger partial charge in [-0.15, -0.1) is 11.7 Å². The summed E-state index contributed by atoms with van der Waals surface area (Å²) in [5.74, 6) is 0.294. The van der Waals surface area contributed by atoms with Gasteiger partial charge in [0.2, 0.25) is 0 Å². The minimum atomic E-state index is -1.24. The number of ether oxygens (including phenoxy) is 3. The van der Waals surface area contributed by atoms with E-state index in [0.29, 0.717) is 67.0 Å². The summed E-state index contributed by atoms with van der Waals surface area (Å²) in [6, 6.07) is 9.55. The van der Waals surface area contributed by atoms with E-state index < -0.39 is 17.7 Å². The molecule has 1 fully saturated rings. The van der Waals surface area contributed by atoms with Crippen LogP contribution in [0.2, 0.25) is 0 Å². The van der Waals surface area contributed by atoms with Crippen LogP contribution >= 0.6 is 0 Å². The van der Waals surface area contributed by atoms with E-state index in [2.05, 4.69) is 35.3 Å². The molecule has 1 aromatic carbocycles. The van der Waals surface area contributed by atoms with Crippen molar-refractivity contribution >= 4 is 17.4 Å². The van der Waals surface area contributed by atoms with Gasteiger partial charge in [0.05, 0.1) is 41.8 Å². The molecule has 0 spiro atoms. The summed E-state index contributed by atoms with van der Waals surface area (Å²) < 4.78 is 21.4. The number of carbonyl (C=O) groups is 1. The van der Waals surface area contributed by atoms with E-state index in [1.54, 1.807) is 21.3 Å². The van der Waals surface area contributed by atoms with Gasteiger partial charge < -0.3 is 24.2 Å². The van der Waals surface area contributed by atoms with Crippen molar-refractivity contribution in [3.8, 4) is 17.0 Å². The fourth-order valence-corrected chi connectivity index (χ4v) is 5.61. The lowest BCUT2D eigenvalue weighted by atomic mass is 9.92. The lowest BCUT2D eigenvalue weighted by Gasteiger charge is -2.41. The first-order valence-electron chi connectivity index (χ1n) is 15.4. The largest absolute Gasteiger partial charge is 0.490 e. The number of aliphatic carboxylic acids is 1. The maximum atomic E-state index is 12.7. The molecule has 3 aromatic heterocycles. The SMILES string of the molecule is C=CCOc1cccc(-c2cn(Cc3cc4nc(C)c(C(OC(C)(C)C)C(=O)O)c(N5CCC(C)(OCC=C)CC5)n4n3)nn2)c1. The highest BCUT2D eigenvalue weighted by Crippen LogP contribution is 2.37. The second-order valence-corrected chi connectivity index (χ2v) is 12.8. The second-order valence-electron chi connectivity index (χ2n) is 12.8. The third kappa shape index (κ3) is 7.45. The quantitative estimate of drug-likeness (QED) is 0.192. The molecule has 0 amide bonds. The second kappa shape index (κ2) is 13.4. The average Bonchev–Trinajstić information content (AvgIpc) is 3.64. The van der Waals surface area contributed by atoms with Crippen molar-refractivity contribution in [1.29, 1.82) is 0 Å². The van der Waals surface area contributed by atoms with Crippen molar-refractivity contribution in [1.82, 2.24) is 29.6 Å². The number of carboxylic acid groups (broad SMARTS) is 1. The van der Waals surface area contributed by atoms with Crippen molar-refractivity contribution in [2.24, 2.45) is 0 Å². The summed E-state index contributed by atoms with van der Waals surface area (Å²) in [6.07, 6.45) is 5.56. The number of aromatic nitrogens is 6. The minimum Gasteiger partial charge on any atom is -0.490 e. The van der Waals surface area contributed by atoms with Crippen LogP contribution in [0.25, 0.3) is 16.9 Å². The Bertz CT molecular complexity index is 1710. The zero-order chi connectivity index (χ0) is 33.1. The smallest absolute Gasteiger partial charge is 0.337 e. The predicted molar refractivity (Wildman–Crippen MR) is 175 cm³/mol. The topological polar surface area (TPSA) is 129 Å². The first kappa shape index (κ1) is 32.8. The number of benzene rings is 1. The lowest BCUT2D eigenvalue weighted by molar-refractivity contribution is -0.160. The Labute approximate surface area is 269 Å². The fourth-order valence-electron chi connectivity index (χ4n) is 5.61. The van der Waals surface area contributed by atoms with Gasteiger partial charge in [-0.25, -0.2) is 14.5 Å². The molecule has 12 heteroatoms. The van der Waals surface area contributed by atoms with Gasteiger partial charge in [0, 0.05) is 30.4 Å². The number of fused-ring (bicyclic) bond motifs is 1. The molecule has 0 aliphatic carbocycles. The van der Waals surface area contributed by atoms with Crippen molar-refractivity contribution in [3.05, 3.63) is 78.8 Å². The number of nitrogens with zero attached hydrogens (tertiary/aromatic N) is 7. The molecule has 46 heavy (non-hydrogen) atoms. The molecule has 4 heterocycles. The Balaban J connectivity index is 1.51. The molecular weight excluding hydrogens is 586 g/mol. The van der Waals surface area contributed by atoms with Gasteiger partial charge in [0.25, 0.3) is 0 Å². The highest BCUT2D eigenvalue weighted by atomic mass is 16.5. The van der Waals surface area contributed by atoms with Crippen LogP contribution < -0.4 is 9.64 Å². The van der Waals surface area contributed by atoms with Crippen LogP contribution in [-0.4, -0.2) is 78.2 Å².